The Kier molecular flexibility index (Phi) is 3.95. The smallest absolute Gasteiger partial charge is 0.367 e. The minimum Gasteiger partial charge on any atom is -0.367 e. The van der Waals surface area contributed by atoms with Gasteiger partial charge in [-0.3, -0.25) is 0 Å². The van der Waals surface area contributed by atoms with Gasteiger partial charge in [0.2, 0.25) is 0 Å². The van der Waals surface area contributed by atoms with Crippen LogP contribution in [0, 0.1) is 11.3 Å². The molecule has 0 fully saturated rings. The zero-order valence-electron chi connectivity index (χ0n) is 12.0. The highest BCUT2D eigenvalue weighted by Gasteiger charge is 2.33. The van der Waals surface area contributed by atoms with Gasteiger partial charge in [-0.15, -0.1) is 0 Å². The molecule has 1 aliphatic rings. The maximum absolute atomic E-state index is 12.8. The zero-order valence-corrected chi connectivity index (χ0v) is 12.7. The highest BCUT2D eigenvalue weighted by molar-refractivity contribution is 6.31. The van der Waals surface area contributed by atoms with Gasteiger partial charge in [0.25, 0.3) is 0 Å². The molecular weight excluding hydrogens is 325 g/mol. The maximum Gasteiger partial charge on any atom is 0.417 e. The molecule has 0 unspecified atom stereocenters. The van der Waals surface area contributed by atoms with Crippen molar-refractivity contribution in [1.29, 1.82) is 5.26 Å². The molecule has 0 amide bonds. The minimum atomic E-state index is -4.45. The molecule has 0 saturated carbocycles. The second kappa shape index (κ2) is 5.78. The number of hydrogen-bond donors (Lipinski definition) is 0. The van der Waals surface area contributed by atoms with E-state index in [0.29, 0.717) is 24.3 Å². The third-order valence-corrected chi connectivity index (χ3v) is 4.28. The van der Waals surface area contributed by atoms with Gasteiger partial charge in [-0.25, -0.2) is 0 Å². The van der Waals surface area contributed by atoms with E-state index in [0.717, 1.165) is 23.6 Å². The first-order chi connectivity index (χ1) is 10.9. The Hall–Kier alpha value is -2.19. The van der Waals surface area contributed by atoms with Crippen molar-refractivity contribution < 1.29 is 13.2 Å². The Morgan fingerprint density at radius 1 is 1.09 bits per heavy atom. The summed E-state index contributed by atoms with van der Waals surface area (Å²) in [7, 11) is 0. The van der Waals surface area contributed by atoms with Gasteiger partial charge in [-0.05, 0) is 47.9 Å². The summed E-state index contributed by atoms with van der Waals surface area (Å²) in [4.78, 5) is 1.99. The monoisotopic (exact) mass is 336 g/mol. The SMILES string of the molecule is N#Cc1ccc2c(c1)CCN(c1ccc(C(F)(F)F)c(Cl)c1)C2. The Labute approximate surface area is 136 Å². The van der Waals surface area contributed by atoms with Crippen LogP contribution in [0.25, 0.3) is 0 Å². The molecule has 23 heavy (non-hydrogen) atoms. The Morgan fingerprint density at radius 3 is 2.52 bits per heavy atom. The van der Waals surface area contributed by atoms with Gasteiger partial charge in [0.15, 0.2) is 0 Å². The lowest BCUT2D eigenvalue weighted by Gasteiger charge is -2.31. The van der Waals surface area contributed by atoms with Crippen LogP contribution in [0.4, 0.5) is 18.9 Å². The number of nitriles is 1. The van der Waals surface area contributed by atoms with Crippen molar-refractivity contribution in [2.45, 2.75) is 19.1 Å². The summed E-state index contributed by atoms with van der Waals surface area (Å²) in [5.41, 5.74) is 2.65. The number of anilines is 1. The van der Waals surface area contributed by atoms with Crippen LogP contribution in [-0.2, 0) is 19.1 Å². The highest BCUT2D eigenvalue weighted by atomic mass is 35.5. The molecule has 6 heteroatoms. The predicted molar refractivity (Wildman–Crippen MR) is 82.4 cm³/mol. The predicted octanol–water partition coefficient (Wildman–Crippen LogP) is 4.79. The minimum absolute atomic E-state index is 0.291. The third-order valence-electron chi connectivity index (χ3n) is 3.97. The fourth-order valence-electron chi connectivity index (χ4n) is 2.77. The summed E-state index contributed by atoms with van der Waals surface area (Å²) in [6.07, 6.45) is -3.71. The van der Waals surface area contributed by atoms with Gasteiger partial charge in [-0.2, -0.15) is 18.4 Å². The fraction of sp³-hybridized carbons (Fsp3) is 0.235. The van der Waals surface area contributed by atoms with E-state index >= 15 is 0 Å². The number of alkyl halides is 3. The number of hydrogen-bond acceptors (Lipinski definition) is 2. The summed E-state index contributed by atoms with van der Waals surface area (Å²) in [5, 5.41) is 8.63. The maximum atomic E-state index is 12.8. The molecule has 118 valence electrons. The van der Waals surface area contributed by atoms with Crippen molar-refractivity contribution in [3.05, 3.63) is 63.7 Å². The van der Waals surface area contributed by atoms with Crippen LogP contribution < -0.4 is 4.90 Å². The molecule has 2 aromatic carbocycles. The van der Waals surface area contributed by atoms with Gasteiger partial charge in [0, 0.05) is 18.8 Å². The molecule has 0 aliphatic carbocycles. The molecule has 2 nitrogen and oxygen atoms in total. The van der Waals surface area contributed by atoms with Gasteiger partial charge in [0.1, 0.15) is 0 Å². The third kappa shape index (κ3) is 3.13. The van der Waals surface area contributed by atoms with E-state index in [1.807, 2.05) is 17.0 Å². The largest absolute Gasteiger partial charge is 0.417 e. The molecule has 0 saturated heterocycles. The van der Waals surface area contributed by atoms with E-state index in [1.54, 1.807) is 6.07 Å². The summed E-state index contributed by atoms with van der Waals surface area (Å²) in [6.45, 7) is 1.26. The number of halogens is 4. The molecule has 0 bridgehead atoms. The van der Waals surface area contributed by atoms with E-state index in [2.05, 4.69) is 6.07 Å². The van der Waals surface area contributed by atoms with E-state index < -0.39 is 11.7 Å². The first kappa shape index (κ1) is 15.7. The van der Waals surface area contributed by atoms with Crippen molar-refractivity contribution in [3.8, 4) is 6.07 Å². The first-order valence-electron chi connectivity index (χ1n) is 7.02. The quantitative estimate of drug-likeness (QED) is 0.748. The Morgan fingerprint density at radius 2 is 1.87 bits per heavy atom. The number of benzene rings is 2. The summed E-state index contributed by atoms with van der Waals surface area (Å²) in [5.74, 6) is 0. The van der Waals surface area contributed by atoms with Crippen LogP contribution in [-0.4, -0.2) is 6.54 Å². The average Bonchev–Trinajstić information content (AvgIpc) is 2.52. The average molecular weight is 337 g/mol. The lowest BCUT2D eigenvalue weighted by atomic mass is 9.97. The van der Waals surface area contributed by atoms with Crippen LogP contribution in [0.2, 0.25) is 5.02 Å². The Balaban J connectivity index is 1.87. The molecule has 2 aromatic rings. The van der Waals surface area contributed by atoms with Gasteiger partial charge in [-0.1, -0.05) is 17.7 Å². The lowest BCUT2D eigenvalue weighted by molar-refractivity contribution is -0.137. The second-order valence-electron chi connectivity index (χ2n) is 5.43. The summed E-state index contributed by atoms with van der Waals surface area (Å²) < 4.78 is 38.3. The lowest BCUT2D eigenvalue weighted by Crippen LogP contribution is -2.30. The summed E-state index contributed by atoms with van der Waals surface area (Å²) in [6, 6.07) is 11.5. The van der Waals surface area contributed by atoms with E-state index in [-0.39, 0.29) is 5.02 Å². The first-order valence-corrected chi connectivity index (χ1v) is 7.40. The number of rotatable bonds is 1. The molecule has 1 heterocycles. The molecule has 0 atom stereocenters. The van der Waals surface area contributed by atoms with Gasteiger partial charge >= 0.3 is 6.18 Å². The van der Waals surface area contributed by atoms with Crippen molar-refractivity contribution in [2.75, 3.05) is 11.4 Å². The highest BCUT2D eigenvalue weighted by Crippen LogP contribution is 2.37. The van der Waals surface area contributed by atoms with Crippen molar-refractivity contribution >= 4 is 17.3 Å². The second-order valence-corrected chi connectivity index (χ2v) is 5.84. The molecule has 3 rings (SSSR count). The van der Waals surface area contributed by atoms with Crippen molar-refractivity contribution in [2.24, 2.45) is 0 Å². The molecular formula is C17H12ClF3N2. The van der Waals surface area contributed by atoms with Crippen molar-refractivity contribution in [3.63, 3.8) is 0 Å². The van der Waals surface area contributed by atoms with Crippen LogP contribution in [0.3, 0.4) is 0 Å². The number of fused-ring (bicyclic) bond motifs is 1. The topological polar surface area (TPSA) is 27.0 Å². The normalized spacial score (nSPS) is 14.3. The van der Waals surface area contributed by atoms with E-state index in [4.69, 9.17) is 16.9 Å². The fourth-order valence-corrected chi connectivity index (χ4v) is 3.06. The van der Waals surface area contributed by atoms with Crippen LogP contribution >= 0.6 is 11.6 Å². The molecule has 1 aliphatic heterocycles. The van der Waals surface area contributed by atoms with E-state index in [9.17, 15) is 13.2 Å². The van der Waals surface area contributed by atoms with Crippen LogP contribution in [0.1, 0.15) is 22.3 Å². The van der Waals surface area contributed by atoms with E-state index in [1.165, 1.54) is 12.1 Å². The van der Waals surface area contributed by atoms with Crippen LogP contribution in [0.15, 0.2) is 36.4 Å². The van der Waals surface area contributed by atoms with Crippen molar-refractivity contribution in [1.82, 2.24) is 0 Å². The van der Waals surface area contributed by atoms with Gasteiger partial charge in [0.05, 0.1) is 22.2 Å². The number of nitrogens with zero attached hydrogens (tertiary/aromatic N) is 2. The molecule has 0 radical (unpaired) electrons. The molecule has 0 N–H and O–H groups in total. The standard InChI is InChI=1S/C17H12ClF3N2/c18-16-8-14(3-4-15(16)17(19,20)21)23-6-5-12-7-11(9-22)1-2-13(12)10-23/h1-4,7-8H,5-6,10H2. The Bertz CT molecular complexity index is 793. The summed E-state index contributed by atoms with van der Waals surface area (Å²) >= 11 is 5.79. The molecule has 0 aromatic heterocycles. The molecule has 0 spiro atoms. The van der Waals surface area contributed by atoms with Crippen LogP contribution in [0.5, 0.6) is 0 Å². The zero-order chi connectivity index (χ0) is 16.6. The van der Waals surface area contributed by atoms with Gasteiger partial charge < -0.3 is 4.90 Å².